The van der Waals surface area contributed by atoms with Crippen LogP contribution in [-0.2, 0) is 12.6 Å². The quantitative estimate of drug-likeness (QED) is 0.629. The molecule has 0 bridgehead atoms. The van der Waals surface area contributed by atoms with Crippen molar-refractivity contribution in [2.45, 2.75) is 19.5 Å². The second kappa shape index (κ2) is 7.01. The molecule has 0 fully saturated rings. The van der Waals surface area contributed by atoms with E-state index in [-0.39, 0.29) is 0 Å². The Morgan fingerprint density at radius 3 is 2.32 bits per heavy atom. The van der Waals surface area contributed by atoms with Crippen LogP contribution in [0.25, 0.3) is 11.5 Å². The van der Waals surface area contributed by atoms with Crippen molar-refractivity contribution in [2.75, 3.05) is 6.61 Å². The Labute approximate surface area is 143 Å². The molecule has 0 amide bonds. The number of benzene rings is 2. The molecule has 0 unspecified atom stereocenters. The lowest BCUT2D eigenvalue weighted by Gasteiger charge is -2.06. The predicted octanol–water partition coefficient (Wildman–Crippen LogP) is 5.29. The highest BCUT2D eigenvalue weighted by molar-refractivity contribution is 5.54. The van der Waals surface area contributed by atoms with Crippen molar-refractivity contribution < 1.29 is 22.3 Å². The van der Waals surface area contributed by atoms with E-state index >= 15 is 0 Å². The van der Waals surface area contributed by atoms with Gasteiger partial charge in [-0.3, -0.25) is 0 Å². The van der Waals surface area contributed by atoms with E-state index in [1.807, 2.05) is 30.3 Å². The number of ether oxygens (including phenoxy) is 1. The van der Waals surface area contributed by atoms with Gasteiger partial charge in [-0.25, -0.2) is 4.98 Å². The van der Waals surface area contributed by atoms with Crippen molar-refractivity contribution >= 4 is 0 Å². The number of rotatable bonds is 5. The van der Waals surface area contributed by atoms with Gasteiger partial charge in [-0.15, -0.1) is 0 Å². The maximum absolute atomic E-state index is 12.6. The number of oxazole rings is 1. The number of halogens is 3. The Hall–Kier alpha value is -2.76. The van der Waals surface area contributed by atoms with Crippen molar-refractivity contribution in [1.82, 2.24) is 4.98 Å². The first-order chi connectivity index (χ1) is 11.9. The van der Waals surface area contributed by atoms with Crippen molar-refractivity contribution in [3.05, 3.63) is 71.6 Å². The number of para-hydroxylation sites is 1. The van der Waals surface area contributed by atoms with Crippen LogP contribution in [0.4, 0.5) is 13.2 Å². The lowest BCUT2D eigenvalue weighted by Crippen LogP contribution is -2.04. The Bertz CT molecular complexity index is 824. The second-order valence-electron chi connectivity index (χ2n) is 5.51. The van der Waals surface area contributed by atoms with Gasteiger partial charge in [0.1, 0.15) is 11.5 Å². The van der Waals surface area contributed by atoms with Gasteiger partial charge in [-0.1, -0.05) is 18.2 Å². The molecule has 2 aromatic carbocycles. The van der Waals surface area contributed by atoms with Crippen molar-refractivity contribution in [2.24, 2.45) is 0 Å². The van der Waals surface area contributed by atoms with Crippen LogP contribution in [0.2, 0.25) is 0 Å². The zero-order valence-corrected chi connectivity index (χ0v) is 13.5. The van der Waals surface area contributed by atoms with Crippen LogP contribution in [-0.4, -0.2) is 11.6 Å². The van der Waals surface area contributed by atoms with Gasteiger partial charge in [0.15, 0.2) is 0 Å². The van der Waals surface area contributed by atoms with Gasteiger partial charge in [0.25, 0.3) is 0 Å². The zero-order chi connectivity index (χ0) is 17.9. The van der Waals surface area contributed by atoms with E-state index < -0.39 is 11.7 Å². The summed E-state index contributed by atoms with van der Waals surface area (Å²) in [6.07, 6.45) is -3.81. The van der Waals surface area contributed by atoms with Gasteiger partial charge in [-0.2, -0.15) is 13.2 Å². The van der Waals surface area contributed by atoms with E-state index in [0.29, 0.717) is 30.2 Å². The Kier molecular flexibility index (Phi) is 4.79. The number of hydrogen-bond acceptors (Lipinski definition) is 3. The first-order valence-corrected chi connectivity index (χ1v) is 7.75. The van der Waals surface area contributed by atoms with E-state index in [2.05, 4.69) is 4.98 Å². The first-order valence-electron chi connectivity index (χ1n) is 7.75. The molecule has 1 heterocycles. The molecule has 3 nitrogen and oxygen atoms in total. The summed E-state index contributed by atoms with van der Waals surface area (Å²) in [5, 5.41) is 0. The molecule has 3 rings (SSSR count). The lowest BCUT2D eigenvalue weighted by atomic mass is 10.1. The minimum absolute atomic E-state index is 0.306. The molecule has 0 N–H and O–H groups in total. The average molecular weight is 347 g/mol. The maximum Gasteiger partial charge on any atom is 0.416 e. The number of nitrogens with zero attached hydrogens (tertiary/aromatic N) is 1. The summed E-state index contributed by atoms with van der Waals surface area (Å²) in [5.41, 5.74) is 0.535. The highest BCUT2D eigenvalue weighted by Gasteiger charge is 2.30. The zero-order valence-electron chi connectivity index (χ0n) is 13.5. The largest absolute Gasteiger partial charge is 0.493 e. The average Bonchev–Trinajstić information content (AvgIpc) is 2.96. The van der Waals surface area contributed by atoms with Crippen LogP contribution < -0.4 is 4.74 Å². The van der Waals surface area contributed by atoms with Crippen LogP contribution in [0.5, 0.6) is 5.75 Å². The third-order valence-corrected chi connectivity index (χ3v) is 3.70. The monoisotopic (exact) mass is 347 g/mol. The SMILES string of the molecule is Cc1oc(-c2ccc(C(F)(F)F)cc2)nc1CCOc1ccccc1. The third-order valence-electron chi connectivity index (χ3n) is 3.70. The Morgan fingerprint density at radius 2 is 1.68 bits per heavy atom. The molecule has 3 aromatic rings. The molecule has 0 aliphatic carbocycles. The Morgan fingerprint density at radius 1 is 1.00 bits per heavy atom. The second-order valence-corrected chi connectivity index (χ2v) is 5.51. The number of hydrogen-bond donors (Lipinski definition) is 0. The standard InChI is InChI=1S/C19H16F3NO2/c1-13-17(11-12-24-16-5-3-2-4-6-16)23-18(25-13)14-7-9-15(10-8-14)19(20,21)22/h2-10H,11-12H2,1H3. The van der Waals surface area contributed by atoms with E-state index in [4.69, 9.17) is 9.15 Å². The maximum atomic E-state index is 12.6. The molecule has 0 saturated heterocycles. The van der Waals surface area contributed by atoms with Gasteiger partial charge in [0, 0.05) is 12.0 Å². The minimum atomic E-state index is -4.36. The number of aryl methyl sites for hydroxylation is 1. The number of alkyl halides is 3. The molecule has 6 heteroatoms. The highest BCUT2D eigenvalue weighted by atomic mass is 19.4. The van der Waals surface area contributed by atoms with Gasteiger partial charge in [0.05, 0.1) is 17.9 Å². The lowest BCUT2D eigenvalue weighted by molar-refractivity contribution is -0.137. The molecular weight excluding hydrogens is 331 g/mol. The van der Waals surface area contributed by atoms with Crippen LogP contribution in [0.1, 0.15) is 17.0 Å². The minimum Gasteiger partial charge on any atom is -0.493 e. The topological polar surface area (TPSA) is 35.3 Å². The summed E-state index contributed by atoms with van der Waals surface area (Å²) in [7, 11) is 0. The molecule has 0 saturated carbocycles. The molecule has 0 aliphatic heterocycles. The first kappa shape index (κ1) is 17.1. The summed E-state index contributed by atoms with van der Waals surface area (Å²) >= 11 is 0. The summed E-state index contributed by atoms with van der Waals surface area (Å²) in [5.74, 6) is 1.71. The summed E-state index contributed by atoms with van der Waals surface area (Å²) in [6.45, 7) is 2.21. The smallest absolute Gasteiger partial charge is 0.416 e. The summed E-state index contributed by atoms with van der Waals surface area (Å²) in [6, 6.07) is 14.2. The normalized spacial score (nSPS) is 11.5. The molecule has 25 heavy (non-hydrogen) atoms. The van der Waals surface area contributed by atoms with E-state index in [1.165, 1.54) is 12.1 Å². The molecule has 130 valence electrons. The fourth-order valence-corrected chi connectivity index (χ4v) is 2.37. The number of aromatic nitrogens is 1. The molecular formula is C19H16F3NO2. The van der Waals surface area contributed by atoms with Gasteiger partial charge in [0.2, 0.25) is 5.89 Å². The predicted molar refractivity (Wildman–Crippen MR) is 87.3 cm³/mol. The van der Waals surface area contributed by atoms with Crippen LogP contribution in [0, 0.1) is 6.92 Å². The van der Waals surface area contributed by atoms with Gasteiger partial charge >= 0.3 is 6.18 Å². The molecule has 0 radical (unpaired) electrons. The van der Waals surface area contributed by atoms with Crippen LogP contribution >= 0.6 is 0 Å². The third kappa shape index (κ3) is 4.21. The summed E-state index contributed by atoms with van der Waals surface area (Å²) < 4.78 is 49.1. The Balaban J connectivity index is 1.67. The van der Waals surface area contributed by atoms with E-state index in [0.717, 1.165) is 23.6 Å². The van der Waals surface area contributed by atoms with Crippen molar-refractivity contribution in [3.63, 3.8) is 0 Å². The molecule has 0 aliphatic rings. The summed E-state index contributed by atoms with van der Waals surface area (Å²) in [4.78, 5) is 4.38. The highest BCUT2D eigenvalue weighted by Crippen LogP contribution is 2.31. The molecule has 0 atom stereocenters. The van der Waals surface area contributed by atoms with Crippen molar-refractivity contribution in [3.8, 4) is 17.2 Å². The fourth-order valence-electron chi connectivity index (χ4n) is 2.37. The van der Waals surface area contributed by atoms with E-state index in [1.54, 1.807) is 6.92 Å². The van der Waals surface area contributed by atoms with Crippen LogP contribution in [0.15, 0.2) is 59.0 Å². The van der Waals surface area contributed by atoms with Crippen molar-refractivity contribution in [1.29, 1.82) is 0 Å². The van der Waals surface area contributed by atoms with E-state index in [9.17, 15) is 13.2 Å². The van der Waals surface area contributed by atoms with Crippen LogP contribution in [0.3, 0.4) is 0 Å². The fraction of sp³-hybridized carbons (Fsp3) is 0.211. The van der Waals surface area contributed by atoms with Gasteiger partial charge < -0.3 is 9.15 Å². The molecule has 0 spiro atoms. The van der Waals surface area contributed by atoms with Gasteiger partial charge in [-0.05, 0) is 43.3 Å². The molecule has 1 aromatic heterocycles.